The number of aromatic nitrogens is 2. The number of aromatic amines is 1. The quantitative estimate of drug-likeness (QED) is 0.539. The van der Waals surface area contributed by atoms with Crippen LogP contribution in [0, 0.1) is 5.41 Å². The summed E-state index contributed by atoms with van der Waals surface area (Å²) in [4.78, 5) is 33.6. The van der Waals surface area contributed by atoms with E-state index in [9.17, 15) is 14.7 Å². The third-order valence-electron chi connectivity index (χ3n) is 5.21. The number of H-pyrrole nitrogens is 1. The van der Waals surface area contributed by atoms with E-state index in [4.69, 9.17) is 0 Å². The number of Topliss-reactive ketones (excluding diaryl/α,β-unsaturated/α-hetero) is 1. The number of nitrogens with one attached hydrogen (secondary N) is 2. The summed E-state index contributed by atoms with van der Waals surface area (Å²) in [6, 6.07) is 6.69. The number of rotatable bonds is 3. The standard InChI is InChI=1S/C21H23N3O3S/c1-4-28-20-23-18-17(19(27)24-20)15(11-5-7-12(25)8-6-11)16-13(22-18)9-21(2,3)10-14(16)26/h5-8,15,25H,4,9-10H2,1-3H3,(H2,22,23,24,27)/t15-/m0/s1. The van der Waals surface area contributed by atoms with Crippen LogP contribution in [0.3, 0.4) is 0 Å². The highest BCUT2D eigenvalue weighted by Gasteiger charge is 2.42. The fourth-order valence-corrected chi connectivity index (χ4v) is 4.69. The molecule has 0 saturated heterocycles. The van der Waals surface area contributed by atoms with Crippen molar-refractivity contribution in [2.24, 2.45) is 5.41 Å². The smallest absolute Gasteiger partial charge is 0.257 e. The van der Waals surface area contributed by atoms with Gasteiger partial charge in [0.15, 0.2) is 10.9 Å². The maximum absolute atomic E-state index is 13.1. The first-order valence-corrected chi connectivity index (χ1v) is 10.4. The number of aromatic hydroxyl groups is 1. The van der Waals surface area contributed by atoms with E-state index in [0.29, 0.717) is 35.0 Å². The van der Waals surface area contributed by atoms with Crippen molar-refractivity contribution in [3.05, 3.63) is 57.0 Å². The largest absolute Gasteiger partial charge is 0.508 e. The van der Waals surface area contributed by atoms with Gasteiger partial charge in [-0.05, 0) is 35.3 Å². The number of carbonyl (C=O) groups is 1. The average molecular weight is 398 g/mol. The summed E-state index contributed by atoms with van der Waals surface area (Å²) in [5, 5.41) is 13.5. The fourth-order valence-electron chi connectivity index (χ4n) is 4.10. The zero-order chi connectivity index (χ0) is 20.1. The monoisotopic (exact) mass is 397 g/mol. The van der Waals surface area contributed by atoms with Gasteiger partial charge in [0.1, 0.15) is 11.6 Å². The molecule has 4 rings (SSSR count). The lowest BCUT2D eigenvalue weighted by Crippen LogP contribution is -2.37. The summed E-state index contributed by atoms with van der Waals surface area (Å²) in [5.74, 6) is 1.01. The van der Waals surface area contributed by atoms with E-state index in [1.165, 1.54) is 11.8 Å². The molecule has 0 radical (unpaired) electrons. The van der Waals surface area contributed by atoms with Crippen LogP contribution in [0.15, 0.2) is 45.5 Å². The predicted octanol–water partition coefficient (Wildman–Crippen LogP) is 3.79. The van der Waals surface area contributed by atoms with Crippen molar-refractivity contribution in [2.45, 2.75) is 44.7 Å². The second kappa shape index (κ2) is 6.81. The summed E-state index contributed by atoms with van der Waals surface area (Å²) in [7, 11) is 0. The Hall–Kier alpha value is -2.54. The maximum atomic E-state index is 13.1. The van der Waals surface area contributed by atoms with E-state index in [-0.39, 0.29) is 22.5 Å². The molecule has 3 N–H and O–H groups in total. The third kappa shape index (κ3) is 3.24. The molecule has 2 aliphatic rings. The van der Waals surface area contributed by atoms with Crippen LogP contribution < -0.4 is 10.9 Å². The Balaban J connectivity index is 1.95. The number of nitrogens with zero attached hydrogens (tertiary/aromatic N) is 1. The number of thioether (sulfide) groups is 1. The van der Waals surface area contributed by atoms with Crippen molar-refractivity contribution in [3.63, 3.8) is 0 Å². The molecule has 0 bridgehead atoms. The van der Waals surface area contributed by atoms with Crippen LogP contribution in [-0.2, 0) is 4.79 Å². The molecule has 2 aromatic rings. The van der Waals surface area contributed by atoms with Gasteiger partial charge in [0.25, 0.3) is 5.56 Å². The molecule has 2 heterocycles. The average Bonchev–Trinajstić information content (AvgIpc) is 2.60. The van der Waals surface area contributed by atoms with E-state index in [2.05, 4.69) is 29.1 Å². The molecule has 28 heavy (non-hydrogen) atoms. The van der Waals surface area contributed by atoms with Gasteiger partial charge in [0.05, 0.1) is 5.56 Å². The number of carbonyl (C=O) groups excluding carboxylic acids is 1. The highest BCUT2D eigenvalue weighted by molar-refractivity contribution is 7.99. The minimum atomic E-state index is -0.493. The van der Waals surface area contributed by atoms with Crippen molar-refractivity contribution in [1.29, 1.82) is 0 Å². The van der Waals surface area contributed by atoms with Gasteiger partial charge in [-0.25, -0.2) is 4.98 Å². The van der Waals surface area contributed by atoms with Crippen molar-refractivity contribution >= 4 is 23.4 Å². The van der Waals surface area contributed by atoms with Crippen LogP contribution in [0.2, 0.25) is 0 Å². The molecule has 7 heteroatoms. The second-order valence-corrected chi connectivity index (χ2v) is 9.30. The normalized spacial score (nSPS) is 20.4. The van der Waals surface area contributed by atoms with Gasteiger partial charge in [-0.2, -0.15) is 0 Å². The summed E-state index contributed by atoms with van der Waals surface area (Å²) in [5.41, 5.74) is 2.35. The minimum Gasteiger partial charge on any atom is -0.508 e. The van der Waals surface area contributed by atoms with E-state index in [1.54, 1.807) is 24.3 Å². The van der Waals surface area contributed by atoms with E-state index in [1.807, 2.05) is 6.92 Å². The number of ketones is 1. The summed E-state index contributed by atoms with van der Waals surface area (Å²) < 4.78 is 0. The van der Waals surface area contributed by atoms with Gasteiger partial charge < -0.3 is 15.4 Å². The number of fused-ring (bicyclic) bond motifs is 1. The number of phenols is 1. The number of hydrogen-bond acceptors (Lipinski definition) is 6. The van der Waals surface area contributed by atoms with Crippen LogP contribution in [0.4, 0.5) is 5.82 Å². The Labute approximate surface area is 167 Å². The molecule has 0 amide bonds. The first-order valence-electron chi connectivity index (χ1n) is 9.38. The molecular formula is C21H23N3O3S. The Morgan fingerprint density at radius 1 is 1.21 bits per heavy atom. The van der Waals surface area contributed by atoms with Gasteiger partial charge in [0.2, 0.25) is 0 Å². The third-order valence-corrected chi connectivity index (χ3v) is 5.96. The van der Waals surface area contributed by atoms with Gasteiger partial charge in [0, 0.05) is 23.6 Å². The first-order chi connectivity index (χ1) is 13.3. The lowest BCUT2D eigenvalue weighted by Gasteiger charge is -2.38. The Kier molecular flexibility index (Phi) is 4.57. The molecule has 146 valence electrons. The molecule has 1 atom stereocenters. The topological polar surface area (TPSA) is 95.1 Å². The Morgan fingerprint density at radius 2 is 1.93 bits per heavy atom. The van der Waals surface area contributed by atoms with Gasteiger partial charge >= 0.3 is 0 Å². The van der Waals surface area contributed by atoms with Crippen molar-refractivity contribution in [1.82, 2.24) is 9.97 Å². The van der Waals surface area contributed by atoms with Crippen molar-refractivity contribution in [2.75, 3.05) is 11.1 Å². The number of benzene rings is 1. The highest BCUT2D eigenvalue weighted by atomic mass is 32.2. The summed E-state index contributed by atoms with van der Waals surface area (Å²) in [6.07, 6.45) is 1.15. The zero-order valence-corrected chi connectivity index (χ0v) is 16.9. The van der Waals surface area contributed by atoms with E-state index in [0.717, 1.165) is 17.0 Å². The summed E-state index contributed by atoms with van der Waals surface area (Å²) >= 11 is 1.47. The molecule has 1 aromatic heterocycles. The van der Waals surface area contributed by atoms with Crippen LogP contribution in [0.25, 0.3) is 0 Å². The highest BCUT2D eigenvalue weighted by Crippen LogP contribution is 2.47. The van der Waals surface area contributed by atoms with Gasteiger partial charge in [-0.1, -0.05) is 44.7 Å². The number of allylic oxidation sites excluding steroid dienone is 2. The van der Waals surface area contributed by atoms with Crippen LogP contribution in [0.5, 0.6) is 5.75 Å². The van der Waals surface area contributed by atoms with Crippen LogP contribution in [-0.4, -0.2) is 26.6 Å². The van der Waals surface area contributed by atoms with Gasteiger partial charge in [-0.3, -0.25) is 9.59 Å². The second-order valence-electron chi connectivity index (χ2n) is 8.05. The molecule has 0 spiro atoms. The minimum absolute atomic E-state index is 0.0499. The Bertz CT molecular complexity index is 1040. The maximum Gasteiger partial charge on any atom is 0.257 e. The number of anilines is 1. The van der Waals surface area contributed by atoms with Gasteiger partial charge in [-0.15, -0.1) is 0 Å². The molecule has 0 fully saturated rings. The number of phenolic OH excluding ortho intramolecular Hbond substituents is 1. The molecule has 0 unspecified atom stereocenters. The Morgan fingerprint density at radius 3 is 2.61 bits per heavy atom. The summed E-state index contributed by atoms with van der Waals surface area (Å²) in [6.45, 7) is 6.15. The molecule has 1 aliphatic carbocycles. The van der Waals surface area contributed by atoms with E-state index < -0.39 is 5.92 Å². The lowest BCUT2D eigenvalue weighted by atomic mass is 9.69. The van der Waals surface area contributed by atoms with Crippen molar-refractivity contribution < 1.29 is 9.90 Å². The molecular weight excluding hydrogens is 374 g/mol. The first kappa shape index (κ1) is 18.8. The molecule has 1 aromatic carbocycles. The van der Waals surface area contributed by atoms with Crippen LogP contribution >= 0.6 is 11.8 Å². The molecule has 6 nitrogen and oxygen atoms in total. The van der Waals surface area contributed by atoms with Crippen molar-refractivity contribution in [3.8, 4) is 5.75 Å². The lowest BCUT2D eigenvalue weighted by molar-refractivity contribution is -0.118. The predicted molar refractivity (Wildman–Crippen MR) is 110 cm³/mol. The van der Waals surface area contributed by atoms with E-state index >= 15 is 0 Å². The molecule has 0 saturated carbocycles. The van der Waals surface area contributed by atoms with Crippen LogP contribution in [0.1, 0.15) is 50.7 Å². The fraction of sp³-hybridized carbons (Fsp3) is 0.381. The SMILES string of the molecule is CCSc1nc2c(c(=O)[nH]1)[C@@H](c1ccc(O)cc1)C1=C(CC(C)(C)CC1=O)N2. The molecule has 1 aliphatic heterocycles. The number of hydrogen-bond donors (Lipinski definition) is 3. The zero-order valence-electron chi connectivity index (χ0n) is 16.1.